The maximum absolute atomic E-state index is 4.55. The van der Waals surface area contributed by atoms with Crippen molar-refractivity contribution in [2.45, 2.75) is 76.1 Å². The molecule has 112 valence electrons. The van der Waals surface area contributed by atoms with Crippen LogP contribution in [0.2, 0.25) is 0 Å². The van der Waals surface area contributed by atoms with Crippen molar-refractivity contribution in [1.29, 1.82) is 0 Å². The highest BCUT2D eigenvalue weighted by atomic mass is 79.9. The Morgan fingerprint density at radius 2 is 1.90 bits per heavy atom. The molecule has 2 saturated carbocycles. The minimum absolute atomic E-state index is 0.654. The molecule has 1 aromatic heterocycles. The largest absolute Gasteiger partial charge is 0.314 e. The Morgan fingerprint density at radius 3 is 2.65 bits per heavy atom. The van der Waals surface area contributed by atoms with Crippen molar-refractivity contribution in [3.05, 3.63) is 11.6 Å². The molecule has 20 heavy (non-hydrogen) atoms. The number of alkyl halides is 1. The van der Waals surface area contributed by atoms with Gasteiger partial charge in [0.1, 0.15) is 11.6 Å². The summed E-state index contributed by atoms with van der Waals surface area (Å²) in [6, 6.07) is 0. The standard InChI is InChI=1S/C16H26BrN3/c1-2-9-20-15(11-17)18-19-16(20)14-8-7-12-5-3-4-6-13(12)10-14/h12-14H,2-11H2,1H3. The highest BCUT2D eigenvalue weighted by Crippen LogP contribution is 2.45. The first-order valence-electron chi connectivity index (χ1n) is 8.31. The van der Waals surface area contributed by atoms with E-state index in [9.17, 15) is 0 Å². The second kappa shape index (κ2) is 6.59. The van der Waals surface area contributed by atoms with E-state index in [-0.39, 0.29) is 0 Å². The van der Waals surface area contributed by atoms with Gasteiger partial charge in [0.25, 0.3) is 0 Å². The lowest BCUT2D eigenvalue weighted by Crippen LogP contribution is -2.28. The summed E-state index contributed by atoms with van der Waals surface area (Å²) in [6.45, 7) is 3.30. The van der Waals surface area contributed by atoms with Crippen LogP contribution < -0.4 is 0 Å². The Morgan fingerprint density at radius 1 is 1.10 bits per heavy atom. The summed E-state index contributed by atoms with van der Waals surface area (Å²) < 4.78 is 2.38. The molecule has 0 spiro atoms. The van der Waals surface area contributed by atoms with E-state index in [4.69, 9.17) is 0 Å². The maximum Gasteiger partial charge on any atom is 0.143 e. The van der Waals surface area contributed by atoms with Gasteiger partial charge in [-0.05, 0) is 37.5 Å². The molecule has 0 aromatic carbocycles. The molecule has 4 heteroatoms. The van der Waals surface area contributed by atoms with Crippen molar-refractivity contribution in [3.8, 4) is 0 Å². The van der Waals surface area contributed by atoms with Gasteiger partial charge in [-0.15, -0.1) is 10.2 Å². The second-order valence-corrected chi connectivity index (χ2v) is 7.14. The highest BCUT2D eigenvalue weighted by Gasteiger charge is 2.34. The molecule has 3 atom stereocenters. The summed E-state index contributed by atoms with van der Waals surface area (Å²) in [7, 11) is 0. The third-order valence-electron chi connectivity index (χ3n) is 5.33. The van der Waals surface area contributed by atoms with E-state index in [1.807, 2.05) is 0 Å². The Bertz CT molecular complexity index is 443. The van der Waals surface area contributed by atoms with Gasteiger partial charge in [-0.1, -0.05) is 48.5 Å². The second-order valence-electron chi connectivity index (χ2n) is 6.57. The fourth-order valence-corrected chi connectivity index (χ4v) is 4.74. The van der Waals surface area contributed by atoms with Gasteiger partial charge in [0.15, 0.2) is 0 Å². The highest BCUT2D eigenvalue weighted by molar-refractivity contribution is 9.08. The first kappa shape index (κ1) is 14.6. The Labute approximate surface area is 130 Å². The van der Waals surface area contributed by atoms with Gasteiger partial charge in [0.05, 0.1) is 5.33 Å². The summed E-state index contributed by atoms with van der Waals surface area (Å²) in [5.41, 5.74) is 0. The van der Waals surface area contributed by atoms with E-state index in [0.29, 0.717) is 5.92 Å². The Balaban J connectivity index is 1.77. The minimum Gasteiger partial charge on any atom is -0.314 e. The number of rotatable bonds is 4. The van der Waals surface area contributed by atoms with Gasteiger partial charge in [-0.3, -0.25) is 0 Å². The minimum atomic E-state index is 0.654. The summed E-state index contributed by atoms with van der Waals surface area (Å²) >= 11 is 3.55. The zero-order valence-corrected chi connectivity index (χ0v) is 14.1. The summed E-state index contributed by atoms with van der Waals surface area (Å²) in [5.74, 6) is 5.00. The van der Waals surface area contributed by atoms with Crippen molar-refractivity contribution >= 4 is 15.9 Å². The van der Waals surface area contributed by atoms with Gasteiger partial charge in [-0.2, -0.15) is 0 Å². The molecule has 2 aliphatic rings. The van der Waals surface area contributed by atoms with Crippen molar-refractivity contribution in [2.24, 2.45) is 11.8 Å². The predicted octanol–water partition coefficient (Wildman–Crippen LogP) is 4.66. The first-order valence-corrected chi connectivity index (χ1v) is 9.43. The van der Waals surface area contributed by atoms with E-state index < -0.39 is 0 Å². The molecule has 0 saturated heterocycles. The van der Waals surface area contributed by atoms with E-state index in [1.54, 1.807) is 0 Å². The average Bonchev–Trinajstić information content (AvgIpc) is 2.90. The van der Waals surface area contributed by atoms with Crippen molar-refractivity contribution < 1.29 is 0 Å². The van der Waals surface area contributed by atoms with E-state index in [1.165, 1.54) is 50.8 Å². The van der Waals surface area contributed by atoms with Crippen molar-refractivity contribution in [3.63, 3.8) is 0 Å². The molecule has 2 aliphatic carbocycles. The molecule has 1 aromatic rings. The molecule has 3 unspecified atom stereocenters. The van der Waals surface area contributed by atoms with Crippen LogP contribution in [0.25, 0.3) is 0 Å². The van der Waals surface area contributed by atoms with Gasteiger partial charge in [0, 0.05) is 12.5 Å². The smallest absolute Gasteiger partial charge is 0.143 e. The summed E-state index contributed by atoms with van der Waals surface area (Å²) in [6.07, 6.45) is 11.1. The zero-order chi connectivity index (χ0) is 13.9. The predicted molar refractivity (Wildman–Crippen MR) is 85.0 cm³/mol. The molecule has 2 fully saturated rings. The van der Waals surface area contributed by atoms with E-state index in [0.717, 1.165) is 36.0 Å². The number of fused-ring (bicyclic) bond motifs is 1. The normalized spacial score (nSPS) is 30.2. The van der Waals surface area contributed by atoms with E-state index in [2.05, 4.69) is 37.6 Å². The molecular weight excluding hydrogens is 314 g/mol. The quantitative estimate of drug-likeness (QED) is 0.747. The van der Waals surface area contributed by atoms with Crippen LogP contribution in [0, 0.1) is 11.8 Å². The van der Waals surface area contributed by atoms with Gasteiger partial charge >= 0.3 is 0 Å². The lowest BCUT2D eigenvalue weighted by atomic mass is 9.67. The number of hydrogen-bond acceptors (Lipinski definition) is 2. The molecule has 1 heterocycles. The molecule has 3 rings (SSSR count). The molecular formula is C16H26BrN3. The topological polar surface area (TPSA) is 30.7 Å². The summed E-state index contributed by atoms with van der Waals surface area (Å²) in [4.78, 5) is 0. The van der Waals surface area contributed by atoms with Crippen molar-refractivity contribution in [2.75, 3.05) is 0 Å². The van der Waals surface area contributed by atoms with Crippen LogP contribution in [-0.2, 0) is 11.9 Å². The molecule has 3 nitrogen and oxygen atoms in total. The third kappa shape index (κ3) is 2.81. The van der Waals surface area contributed by atoms with Crippen LogP contribution >= 0.6 is 15.9 Å². The number of hydrogen-bond donors (Lipinski definition) is 0. The zero-order valence-electron chi connectivity index (χ0n) is 12.5. The fourth-order valence-electron chi connectivity index (χ4n) is 4.33. The maximum atomic E-state index is 4.55. The monoisotopic (exact) mass is 339 g/mol. The molecule has 0 N–H and O–H groups in total. The lowest BCUT2D eigenvalue weighted by Gasteiger charge is -2.39. The van der Waals surface area contributed by atoms with Gasteiger partial charge < -0.3 is 4.57 Å². The Kier molecular flexibility index (Phi) is 4.79. The first-order chi connectivity index (χ1) is 9.83. The van der Waals surface area contributed by atoms with Crippen LogP contribution in [0.5, 0.6) is 0 Å². The van der Waals surface area contributed by atoms with E-state index >= 15 is 0 Å². The van der Waals surface area contributed by atoms with Crippen LogP contribution in [0.3, 0.4) is 0 Å². The van der Waals surface area contributed by atoms with Crippen LogP contribution in [-0.4, -0.2) is 14.8 Å². The average molecular weight is 340 g/mol. The number of nitrogens with zero attached hydrogens (tertiary/aromatic N) is 3. The number of aromatic nitrogens is 3. The van der Waals surface area contributed by atoms with Crippen LogP contribution in [0.15, 0.2) is 0 Å². The molecule has 0 aliphatic heterocycles. The Hall–Kier alpha value is -0.380. The summed E-state index contributed by atoms with van der Waals surface area (Å²) in [5, 5.41) is 9.77. The third-order valence-corrected chi connectivity index (χ3v) is 5.83. The number of halogens is 1. The SMILES string of the molecule is CCCn1c(CBr)nnc1C1CCC2CCCCC2C1. The van der Waals surface area contributed by atoms with Crippen LogP contribution in [0.4, 0.5) is 0 Å². The van der Waals surface area contributed by atoms with Crippen LogP contribution in [0.1, 0.15) is 75.9 Å². The molecule has 0 amide bonds. The fraction of sp³-hybridized carbons (Fsp3) is 0.875. The van der Waals surface area contributed by atoms with Gasteiger partial charge in [-0.25, -0.2) is 0 Å². The molecule has 0 radical (unpaired) electrons. The lowest BCUT2D eigenvalue weighted by molar-refractivity contribution is 0.151. The van der Waals surface area contributed by atoms with Gasteiger partial charge in [0.2, 0.25) is 0 Å². The van der Waals surface area contributed by atoms with Crippen molar-refractivity contribution in [1.82, 2.24) is 14.8 Å². The molecule has 0 bridgehead atoms.